The number of aryl methyl sites for hydroxylation is 1. The summed E-state index contributed by atoms with van der Waals surface area (Å²) in [6, 6.07) is 7.86. The quantitative estimate of drug-likeness (QED) is 0.627. The van der Waals surface area contributed by atoms with Crippen LogP contribution < -0.4 is 4.90 Å². The molecule has 2 aliphatic rings. The number of carbonyl (C=O) groups excluding carboxylic acids is 2. The fourth-order valence-corrected chi connectivity index (χ4v) is 3.61. The van der Waals surface area contributed by atoms with Crippen LogP contribution in [0.2, 0.25) is 0 Å². The molecular formula is C19H23NO2. The molecule has 1 aromatic carbocycles. The van der Waals surface area contributed by atoms with Crippen molar-refractivity contribution >= 4 is 17.5 Å². The van der Waals surface area contributed by atoms with Gasteiger partial charge < -0.3 is 0 Å². The Balaban J connectivity index is 1.87. The summed E-state index contributed by atoms with van der Waals surface area (Å²) in [5, 5.41) is 0. The minimum Gasteiger partial charge on any atom is -0.274 e. The largest absolute Gasteiger partial charge is 0.274 e. The highest BCUT2D eigenvalue weighted by Crippen LogP contribution is 2.42. The van der Waals surface area contributed by atoms with Gasteiger partial charge in [-0.25, -0.2) is 0 Å². The molecule has 22 heavy (non-hydrogen) atoms. The van der Waals surface area contributed by atoms with Gasteiger partial charge in [-0.05, 0) is 50.8 Å². The van der Waals surface area contributed by atoms with Crippen molar-refractivity contribution in [3.05, 3.63) is 41.0 Å². The predicted molar refractivity (Wildman–Crippen MR) is 87.5 cm³/mol. The minimum atomic E-state index is -0.161. The van der Waals surface area contributed by atoms with E-state index in [0.717, 1.165) is 31.4 Å². The van der Waals surface area contributed by atoms with Gasteiger partial charge in [-0.1, -0.05) is 36.6 Å². The number of hydrogen-bond acceptors (Lipinski definition) is 2. The van der Waals surface area contributed by atoms with Gasteiger partial charge in [0.05, 0.1) is 17.5 Å². The molecule has 116 valence electrons. The SMILES string of the molecule is CCCc1ccc(N2C(=O)C3CC(C)=C(C)CC3C2=O)cc1. The highest BCUT2D eigenvalue weighted by Gasteiger charge is 2.49. The van der Waals surface area contributed by atoms with E-state index in [1.165, 1.54) is 21.6 Å². The van der Waals surface area contributed by atoms with E-state index in [0.29, 0.717) is 0 Å². The lowest BCUT2D eigenvalue weighted by Crippen LogP contribution is -2.30. The highest BCUT2D eigenvalue weighted by atomic mass is 16.2. The van der Waals surface area contributed by atoms with Gasteiger partial charge in [-0.2, -0.15) is 0 Å². The standard InChI is InChI=1S/C19H23NO2/c1-4-5-14-6-8-15(9-7-14)20-18(21)16-10-12(2)13(3)11-17(16)19(20)22/h6-9,16-17H,4-5,10-11H2,1-3H3. The second-order valence-corrected chi connectivity index (χ2v) is 6.61. The summed E-state index contributed by atoms with van der Waals surface area (Å²) in [5.74, 6) is -0.367. The Kier molecular flexibility index (Phi) is 3.90. The predicted octanol–water partition coefficient (Wildman–Crippen LogP) is 3.87. The monoisotopic (exact) mass is 297 g/mol. The van der Waals surface area contributed by atoms with Crippen molar-refractivity contribution in [3.8, 4) is 0 Å². The molecule has 0 spiro atoms. The van der Waals surface area contributed by atoms with Gasteiger partial charge in [0.1, 0.15) is 0 Å². The summed E-state index contributed by atoms with van der Waals surface area (Å²) in [4.78, 5) is 26.8. The van der Waals surface area contributed by atoms with Crippen LogP contribution in [-0.2, 0) is 16.0 Å². The molecule has 0 bridgehead atoms. The van der Waals surface area contributed by atoms with Crippen LogP contribution >= 0.6 is 0 Å². The van der Waals surface area contributed by atoms with E-state index >= 15 is 0 Å². The molecule has 0 radical (unpaired) electrons. The second kappa shape index (κ2) is 5.71. The number of allylic oxidation sites excluding steroid dienone is 2. The van der Waals surface area contributed by atoms with Crippen LogP contribution in [0.15, 0.2) is 35.4 Å². The smallest absolute Gasteiger partial charge is 0.238 e. The Bertz CT molecular complexity index is 610. The number of hydrogen-bond donors (Lipinski definition) is 0. The summed E-state index contributed by atoms with van der Waals surface area (Å²) >= 11 is 0. The van der Waals surface area contributed by atoms with E-state index in [1.807, 2.05) is 24.3 Å². The zero-order valence-corrected chi connectivity index (χ0v) is 13.6. The van der Waals surface area contributed by atoms with E-state index in [1.54, 1.807) is 0 Å². The molecule has 2 unspecified atom stereocenters. The lowest BCUT2D eigenvalue weighted by atomic mass is 9.78. The van der Waals surface area contributed by atoms with Gasteiger partial charge in [0.2, 0.25) is 11.8 Å². The Morgan fingerprint density at radius 2 is 1.45 bits per heavy atom. The Labute approximate surface area is 132 Å². The first-order valence-corrected chi connectivity index (χ1v) is 8.15. The van der Waals surface area contributed by atoms with Crippen molar-refractivity contribution in [1.82, 2.24) is 0 Å². The Morgan fingerprint density at radius 1 is 0.955 bits per heavy atom. The second-order valence-electron chi connectivity index (χ2n) is 6.61. The Hall–Kier alpha value is -1.90. The molecule has 3 rings (SSSR count). The maximum Gasteiger partial charge on any atom is 0.238 e. The van der Waals surface area contributed by atoms with Crippen LogP contribution in [-0.4, -0.2) is 11.8 Å². The molecule has 3 heteroatoms. The summed E-state index contributed by atoms with van der Waals surface area (Å²) < 4.78 is 0. The van der Waals surface area contributed by atoms with Crippen molar-refractivity contribution in [2.45, 2.75) is 46.5 Å². The van der Waals surface area contributed by atoms with E-state index in [2.05, 4.69) is 20.8 Å². The number of rotatable bonds is 3. The molecule has 1 heterocycles. The normalized spacial score (nSPS) is 25.0. The summed E-state index contributed by atoms with van der Waals surface area (Å²) in [5.41, 5.74) is 4.50. The minimum absolute atomic E-state index is 0.0231. The van der Waals surface area contributed by atoms with Crippen LogP contribution in [0.5, 0.6) is 0 Å². The molecule has 1 saturated heterocycles. The average molecular weight is 297 g/mol. The molecule has 2 atom stereocenters. The van der Waals surface area contributed by atoms with E-state index in [-0.39, 0.29) is 23.7 Å². The maximum atomic E-state index is 12.7. The lowest BCUT2D eigenvalue weighted by molar-refractivity contribution is -0.122. The molecule has 1 aliphatic carbocycles. The fraction of sp³-hybridized carbons (Fsp3) is 0.474. The molecule has 0 saturated carbocycles. The van der Waals surface area contributed by atoms with Crippen LogP contribution in [0.25, 0.3) is 0 Å². The molecule has 0 aromatic heterocycles. The van der Waals surface area contributed by atoms with Gasteiger partial charge in [0.15, 0.2) is 0 Å². The highest BCUT2D eigenvalue weighted by molar-refractivity contribution is 6.22. The average Bonchev–Trinajstić information content (AvgIpc) is 2.73. The third kappa shape index (κ3) is 2.39. The number of nitrogens with zero attached hydrogens (tertiary/aromatic N) is 1. The first-order chi connectivity index (χ1) is 10.5. The maximum absolute atomic E-state index is 12.7. The molecule has 1 aliphatic heterocycles. The summed E-state index contributed by atoms with van der Waals surface area (Å²) in [6.45, 7) is 6.29. The van der Waals surface area contributed by atoms with Crippen LogP contribution in [0, 0.1) is 11.8 Å². The lowest BCUT2D eigenvalue weighted by Gasteiger charge is -2.23. The Morgan fingerprint density at radius 3 is 1.91 bits per heavy atom. The first kappa shape index (κ1) is 15.0. The van der Waals surface area contributed by atoms with Crippen molar-refractivity contribution in [1.29, 1.82) is 0 Å². The van der Waals surface area contributed by atoms with Gasteiger partial charge >= 0.3 is 0 Å². The number of amides is 2. The van der Waals surface area contributed by atoms with Crippen molar-refractivity contribution in [2.75, 3.05) is 4.90 Å². The summed E-state index contributed by atoms with van der Waals surface area (Å²) in [6.07, 6.45) is 3.57. The van der Waals surface area contributed by atoms with E-state index < -0.39 is 0 Å². The molecular weight excluding hydrogens is 274 g/mol. The topological polar surface area (TPSA) is 37.4 Å². The molecule has 0 N–H and O–H groups in total. The number of anilines is 1. The van der Waals surface area contributed by atoms with Crippen molar-refractivity contribution in [2.24, 2.45) is 11.8 Å². The van der Waals surface area contributed by atoms with E-state index in [9.17, 15) is 9.59 Å². The van der Waals surface area contributed by atoms with Crippen molar-refractivity contribution in [3.63, 3.8) is 0 Å². The zero-order valence-electron chi connectivity index (χ0n) is 13.6. The molecule has 3 nitrogen and oxygen atoms in total. The van der Waals surface area contributed by atoms with Crippen molar-refractivity contribution < 1.29 is 9.59 Å². The van der Waals surface area contributed by atoms with Gasteiger partial charge in [-0.15, -0.1) is 0 Å². The van der Waals surface area contributed by atoms with E-state index in [4.69, 9.17) is 0 Å². The molecule has 1 aromatic rings. The number of carbonyl (C=O) groups is 2. The molecule has 1 fully saturated rings. The fourth-order valence-electron chi connectivity index (χ4n) is 3.61. The van der Waals surface area contributed by atoms with Crippen LogP contribution in [0.3, 0.4) is 0 Å². The van der Waals surface area contributed by atoms with Crippen LogP contribution in [0.1, 0.15) is 45.6 Å². The van der Waals surface area contributed by atoms with Gasteiger partial charge in [-0.3, -0.25) is 14.5 Å². The van der Waals surface area contributed by atoms with Gasteiger partial charge in [0.25, 0.3) is 0 Å². The van der Waals surface area contributed by atoms with Crippen LogP contribution in [0.4, 0.5) is 5.69 Å². The number of fused-ring (bicyclic) bond motifs is 1. The van der Waals surface area contributed by atoms with Gasteiger partial charge in [0, 0.05) is 0 Å². The molecule has 2 amide bonds. The zero-order chi connectivity index (χ0) is 15.9. The number of benzene rings is 1. The number of imide groups is 1. The third-order valence-electron chi connectivity index (χ3n) is 5.07. The first-order valence-electron chi connectivity index (χ1n) is 8.15. The third-order valence-corrected chi connectivity index (χ3v) is 5.07. The summed E-state index contributed by atoms with van der Waals surface area (Å²) in [7, 11) is 0.